The van der Waals surface area contributed by atoms with Gasteiger partial charge in [0.25, 0.3) is 5.91 Å². The Hall–Kier alpha value is -2.21. The Balaban J connectivity index is 1.33. The molecule has 3 fully saturated rings. The topological polar surface area (TPSA) is 54.5 Å². The van der Waals surface area contributed by atoms with Crippen LogP contribution in [0, 0.1) is 5.41 Å². The summed E-state index contributed by atoms with van der Waals surface area (Å²) in [5, 5.41) is 3.82. The summed E-state index contributed by atoms with van der Waals surface area (Å²) in [6, 6.07) is 11.8. The highest BCUT2D eigenvalue weighted by molar-refractivity contribution is 8.00. The van der Waals surface area contributed by atoms with Crippen LogP contribution in [0.1, 0.15) is 61.7 Å². The molecule has 164 valence electrons. The lowest BCUT2D eigenvalue weighted by molar-refractivity contribution is 0.102. The summed E-state index contributed by atoms with van der Waals surface area (Å²) in [7, 11) is 1.62. The second-order valence-corrected chi connectivity index (χ2v) is 10.6. The number of piperidine rings is 1. The van der Waals surface area contributed by atoms with Crippen LogP contribution in [0.3, 0.4) is 0 Å². The first-order chi connectivity index (χ1) is 15.1. The molecule has 1 aromatic heterocycles. The summed E-state index contributed by atoms with van der Waals surface area (Å²) in [4.78, 5) is 21.4. The van der Waals surface area contributed by atoms with Crippen LogP contribution in [0.4, 0.5) is 11.5 Å². The van der Waals surface area contributed by atoms with Crippen LogP contribution >= 0.6 is 11.8 Å². The van der Waals surface area contributed by atoms with Crippen molar-refractivity contribution in [3.05, 3.63) is 42.0 Å². The number of carbonyl (C=O) groups is 1. The SMILES string of the molecule is COc1ccc(C(=O)Nc2cccc(SC3CCCC3)c2)c(N2CCC3(CC2)CC3)n1. The molecular weight excluding hydrogens is 406 g/mol. The Bertz CT molecular complexity index is 944. The summed E-state index contributed by atoms with van der Waals surface area (Å²) in [6.45, 7) is 1.90. The molecule has 0 unspecified atom stereocenters. The van der Waals surface area contributed by atoms with E-state index < -0.39 is 0 Å². The van der Waals surface area contributed by atoms with Crippen molar-refractivity contribution in [3.8, 4) is 5.88 Å². The Morgan fingerprint density at radius 2 is 1.90 bits per heavy atom. The smallest absolute Gasteiger partial charge is 0.259 e. The van der Waals surface area contributed by atoms with Crippen LogP contribution in [0.2, 0.25) is 0 Å². The predicted octanol–water partition coefficient (Wildman–Crippen LogP) is 5.76. The molecule has 2 aromatic rings. The zero-order chi connectivity index (χ0) is 21.3. The molecule has 0 atom stereocenters. The zero-order valence-corrected chi connectivity index (χ0v) is 19.0. The molecular formula is C25H31N3O2S. The first-order valence-corrected chi connectivity index (χ1v) is 12.4. The Kier molecular flexibility index (Phi) is 5.83. The van der Waals surface area contributed by atoms with E-state index in [9.17, 15) is 4.79 Å². The van der Waals surface area contributed by atoms with Crippen molar-refractivity contribution in [2.45, 2.75) is 61.5 Å². The summed E-state index contributed by atoms with van der Waals surface area (Å²) < 4.78 is 5.36. The molecule has 1 aromatic carbocycles. The first kappa shape index (κ1) is 20.7. The van der Waals surface area contributed by atoms with Crippen molar-refractivity contribution < 1.29 is 9.53 Å². The Labute approximate surface area is 189 Å². The second kappa shape index (κ2) is 8.73. The normalized spacial score (nSPS) is 20.1. The monoisotopic (exact) mass is 437 g/mol. The fourth-order valence-corrected chi connectivity index (χ4v) is 6.18. The average molecular weight is 438 g/mol. The number of nitrogens with one attached hydrogen (secondary N) is 1. The maximum Gasteiger partial charge on any atom is 0.259 e. The lowest BCUT2D eigenvalue weighted by Gasteiger charge is -2.34. The zero-order valence-electron chi connectivity index (χ0n) is 18.2. The van der Waals surface area contributed by atoms with Gasteiger partial charge in [0.15, 0.2) is 0 Å². The Morgan fingerprint density at radius 3 is 2.61 bits per heavy atom. The molecule has 5 nitrogen and oxygen atoms in total. The third kappa shape index (κ3) is 4.69. The fraction of sp³-hybridized carbons (Fsp3) is 0.520. The molecule has 2 aliphatic carbocycles. The van der Waals surface area contributed by atoms with E-state index in [-0.39, 0.29) is 5.91 Å². The number of pyridine rings is 1. The maximum atomic E-state index is 13.2. The third-order valence-electron chi connectivity index (χ3n) is 7.08. The minimum atomic E-state index is -0.111. The molecule has 0 radical (unpaired) electrons. The van der Waals surface area contributed by atoms with E-state index in [4.69, 9.17) is 4.74 Å². The molecule has 3 aliphatic rings. The quantitative estimate of drug-likeness (QED) is 0.623. The molecule has 6 heteroatoms. The number of thioether (sulfide) groups is 1. The molecule has 31 heavy (non-hydrogen) atoms. The molecule has 2 heterocycles. The number of carbonyl (C=O) groups excluding carboxylic acids is 1. The summed E-state index contributed by atoms with van der Waals surface area (Å²) in [5.74, 6) is 1.18. The highest BCUT2D eigenvalue weighted by Crippen LogP contribution is 2.54. The minimum absolute atomic E-state index is 0.111. The van der Waals surface area contributed by atoms with Gasteiger partial charge < -0.3 is 15.0 Å². The van der Waals surface area contributed by atoms with E-state index in [1.807, 2.05) is 30.0 Å². The summed E-state index contributed by atoms with van der Waals surface area (Å²) >= 11 is 1.94. The van der Waals surface area contributed by atoms with Gasteiger partial charge in [-0.3, -0.25) is 4.79 Å². The van der Waals surface area contributed by atoms with Crippen LogP contribution in [-0.2, 0) is 0 Å². The largest absolute Gasteiger partial charge is 0.481 e. The van der Waals surface area contributed by atoms with Gasteiger partial charge in [-0.2, -0.15) is 4.98 Å². The molecule has 1 amide bonds. The number of hydrogen-bond acceptors (Lipinski definition) is 5. The predicted molar refractivity (Wildman–Crippen MR) is 126 cm³/mol. The van der Waals surface area contributed by atoms with Crippen LogP contribution in [-0.4, -0.2) is 36.3 Å². The van der Waals surface area contributed by atoms with Crippen LogP contribution in [0.15, 0.2) is 41.3 Å². The molecule has 2 saturated carbocycles. The highest BCUT2D eigenvalue weighted by atomic mass is 32.2. The maximum absolute atomic E-state index is 13.2. The second-order valence-electron chi connectivity index (χ2n) is 9.22. The molecule has 1 spiro atoms. The van der Waals surface area contributed by atoms with Crippen molar-refractivity contribution in [2.24, 2.45) is 5.41 Å². The number of anilines is 2. The summed E-state index contributed by atoms with van der Waals surface area (Å²) in [5.41, 5.74) is 2.03. The number of ether oxygens (including phenoxy) is 1. The molecule has 1 saturated heterocycles. The third-order valence-corrected chi connectivity index (χ3v) is 8.41. The van der Waals surface area contributed by atoms with Gasteiger partial charge in [0.05, 0.1) is 12.7 Å². The van der Waals surface area contributed by atoms with Crippen molar-refractivity contribution in [2.75, 3.05) is 30.4 Å². The van der Waals surface area contributed by atoms with E-state index in [1.165, 1.54) is 56.3 Å². The van der Waals surface area contributed by atoms with Gasteiger partial charge >= 0.3 is 0 Å². The van der Waals surface area contributed by atoms with Crippen LogP contribution in [0.25, 0.3) is 0 Å². The summed E-state index contributed by atoms with van der Waals surface area (Å²) in [6.07, 6.45) is 10.3. The van der Waals surface area contributed by atoms with Gasteiger partial charge in [0.2, 0.25) is 5.88 Å². The van der Waals surface area contributed by atoms with Crippen molar-refractivity contribution in [1.82, 2.24) is 4.98 Å². The molecule has 1 aliphatic heterocycles. The molecule has 0 bridgehead atoms. The van der Waals surface area contributed by atoms with E-state index in [0.717, 1.165) is 24.6 Å². The van der Waals surface area contributed by atoms with Crippen molar-refractivity contribution in [1.29, 1.82) is 0 Å². The van der Waals surface area contributed by atoms with Gasteiger partial charge in [0.1, 0.15) is 5.82 Å². The molecule has 1 N–H and O–H groups in total. The van der Waals surface area contributed by atoms with Crippen molar-refractivity contribution in [3.63, 3.8) is 0 Å². The fourth-order valence-electron chi connectivity index (χ4n) is 4.88. The number of hydrogen-bond donors (Lipinski definition) is 1. The van der Waals surface area contributed by atoms with E-state index in [0.29, 0.717) is 22.1 Å². The van der Waals surface area contributed by atoms with Gasteiger partial charge in [0, 0.05) is 35.0 Å². The van der Waals surface area contributed by atoms with E-state index >= 15 is 0 Å². The van der Waals surface area contributed by atoms with Crippen LogP contribution in [0.5, 0.6) is 5.88 Å². The minimum Gasteiger partial charge on any atom is -0.481 e. The Morgan fingerprint density at radius 1 is 1.13 bits per heavy atom. The molecule has 5 rings (SSSR count). The van der Waals surface area contributed by atoms with E-state index in [2.05, 4.69) is 27.3 Å². The lowest BCUT2D eigenvalue weighted by Crippen LogP contribution is -2.36. The van der Waals surface area contributed by atoms with E-state index in [1.54, 1.807) is 13.2 Å². The van der Waals surface area contributed by atoms with Gasteiger partial charge in [-0.1, -0.05) is 18.9 Å². The van der Waals surface area contributed by atoms with Crippen molar-refractivity contribution >= 4 is 29.2 Å². The number of amides is 1. The number of aromatic nitrogens is 1. The highest BCUT2D eigenvalue weighted by Gasteiger charge is 2.44. The first-order valence-electron chi connectivity index (χ1n) is 11.5. The standard InChI is InChI=1S/C25H31N3O2S/c1-30-22-10-9-21(23(27-22)28-15-13-25(11-12-25)14-16-28)24(29)26-18-5-4-8-20(17-18)31-19-6-2-3-7-19/h4-5,8-10,17,19H,2-3,6-7,11-16H2,1H3,(H,26,29). The number of methoxy groups -OCH3 is 1. The van der Waals surface area contributed by atoms with Gasteiger partial charge in [-0.25, -0.2) is 0 Å². The van der Waals surface area contributed by atoms with Crippen LogP contribution < -0.4 is 15.0 Å². The van der Waals surface area contributed by atoms with Gasteiger partial charge in [-0.15, -0.1) is 11.8 Å². The number of rotatable bonds is 6. The van der Waals surface area contributed by atoms with Gasteiger partial charge in [-0.05, 0) is 68.2 Å². The average Bonchev–Trinajstić information content (AvgIpc) is 3.34. The number of nitrogens with zero attached hydrogens (tertiary/aromatic N) is 2. The number of benzene rings is 1. The lowest BCUT2D eigenvalue weighted by atomic mass is 9.93.